The van der Waals surface area contributed by atoms with Crippen LogP contribution >= 0.6 is 0 Å². The zero-order chi connectivity index (χ0) is 20.3. The van der Waals surface area contributed by atoms with Crippen LogP contribution in [0.4, 0.5) is 0 Å². The fourth-order valence-corrected chi connectivity index (χ4v) is 3.31. The monoisotopic (exact) mass is 393 g/mol. The lowest BCUT2D eigenvalue weighted by Gasteiger charge is -2.40. The number of carbonyl (C=O) groups excluding carboxylic acids is 1. The molecule has 0 spiro atoms. The first-order valence-corrected chi connectivity index (χ1v) is 9.16. The summed E-state index contributed by atoms with van der Waals surface area (Å²) in [4.78, 5) is 25.4. The lowest BCUT2D eigenvalue weighted by Crippen LogP contribution is -2.59. The van der Waals surface area contributed by atoms with Crippen molar-refractivity contribution in [2.75, 3.05) is 32.8 Å². The van der Waals surface area contributed by atoms with Crippen molar-refractivity contribution in [3.8, 4) is 11.5 Å². The van der Waals surface area contributed by atoms with Crippen LogP contribution < -0.4 is 20.4 Å². The number of carboxylic acid groups (broad SMARTS) is 1. The van der Waals surface area contributed by atoms with E-state index < -0.39 is 19.1 Å². The zero-order valence-corrected chi connectivity index (χ0v) is 15.3. The number of rotatable bonds is 8. The molecule has 28 heavy (non-hydrogen) atoms. The van der Waals surface area contributed by atoms with Crippen molar-refractivity contribution in [3.63, 3.8) is 0 Å². The molecule has 0 radical (unpaired) electrons. The molecule has 1 amide bonds. The molecule has 152 valence electrons. The van der Waals surface area contributed by atoms with Gasteiger partial charge in [0.15, 0.2) is 0 Å². The number of carboxylic acids is 1. The van der Waals surface area contributed by atoms with Crippen LogP contribution in [0.15, 0.2) is 12.1 Å². The van der Waals surface area contributed by atoms with E-state index in [9.17, 15) is 19.7 Å². The molecule has 0 aromatic heterocycles. The fourth-order valence-electron chi connectivity index (χ4n) is 3.31. The average molecular weight is 393 g/mol. The third-order valence-electron chi connectivity index (χ3n) is 4.75. The van der Waals surface area contributed by atoms with E-state index >= 15 is 0 Å². The van der Waals surface area contributed by atoms with Gasteiger partial charge in [-0.05, 0) is 24.4 Å². The molecule has 3 rings (SSSR count). The molecule has 0 aliphatic carbocycles. The van der Waals surface area contributed by atoms with Gasteiger partial charge in [0.1, 0.15) is 23.2 Å². The molecular formula is C17H24BN3O7. The molecule has 2 aliphatic heterocycles. The highest BCUT2D eigenvalue weighted by Crippen LogP contribution is 2.37. The number of hydrogen-bond acceptors (Lipinski definition) is 8. The number of amides is 1. The quantitative estimate of drug-likeness (QED) is 0.325. The number of aromatic carboxylic acids is 1. The maximum Gasteiger partial charge on any atom is 0.522 e. The van der Waals surface area contributed by atoms with Gasteiger partial charge in [-0.2, -0.15) is 0 Å². The van der Waals surface area contributed by atoms with E-state index in [0.29, 0.717) is 32.4 Å². The summed E-state index contributed by atoms with van der Waals surface area (Å²) in [5.74, 6) is -1.17. The Morgan fingerprint density at radius 1 is 1.43 bits per heavy atom. The van der Waals surface area contributed by atoms with Crippen LogP contribution in [-0.2, 0) is 11.2 Å². The number of hydrogen-bond donors (Lipinski definition) is 5. The molecule has 2 aliphatic rings. The second-order valence-corrected chi connectivity index (χ2v) is 6.92. The molecule has 1 atom stereocenters. The minimum absolute atomic E-state index is 0.0882. The predicted octanol–water partition coefficient (Wildman–Crippen LogP) is -1.70. The normalized spacial score (nSPS) is 17.9. The molecule has 1 unspecified atom stereocenters. The summed E-state index contributed by atoms with van der Waals surface area (Å²) >= 11 is 0. The van der Waals surface area contributed by atoms with E-state index in [-0.39, 0.29) is 42.2 Å². The van der Waals surface area contributed by atoms with E-state index in [2.05, 4.69) is 5.32 Å². The molecule has 0 bridgehead atoms. The van der Waals surface area contributed by atoms with E-state index in [1.807, 2.05) is 4.90 Å². The fraction of sp³-hybridized carbons (Fsp3) is 0.529. The summed E-state index contributed by atoms with van der Waals surface area (Å²) in [6.07, 6.45) is 0.706. The number of benzene rings is 1. The standard InChI is InChI=1S/C17H24BN3O7/c19-12(16(23)20-5-6-22)9-21-7-11(8-21)27-13-2-1-10-3-4-18(26)28-15(10)14(13)17(24)25/h1-2,11-12,22,26H,3-9,19H2,(H,20,23)(H,24,25). The van der Waals surface area contributed by atoms with Crippen molar-refractivity contribution >= 4 is 19.0 Å². The molecular weight excluding hydrogens is 369 g/mol. The molecule has 11 heteroatoms. The number of ether oxygens (including phenoxy) is 1. The second-order valence-electron chi connectivity index (χ2n) is 6.92. The Balaban J connectivity index is 1.58. The number of nitrogens with one attached hydrogen (secondary N) is 1. The van der Waals surface area contributed by atoms with Crippen molar-refractivity contribution in [1.82, 2.24) is 10.2 Å². The van der Waals surface area contributed by atoms with Gasteiger partial charge in [0.25, 0.3) is 0 Å². The number of fused-ring (bicyclic) bond motifs is 1. The van der Waals surface area contributed by atoms with Crippen LogP contribution in [0, 0.1) is 0 Å². The lowest BCUT2D eigenvalue weighted by atomic mass is 9.78. The van der Waals surface area contributed by atoms with Gasteiger partial charge in [0.2, 0.25) is 5.91 Å². The number of aliphatic hydroxyl groups excluding tert-OH is 1. The Morgan fingerprint density at radius 3 is 2.86 bits per heavy atom. The third-order valence-corrected chi connectivity index (χ3v) is 4.75. The number of nitrogens with zero attached hydrogens (tertiary/aromatic N) is 1. The third kappa shape index (κ3) is 4.55. The number of nitrogens with two attached hydrogens (primary N) is 1. The number of aryl methyl sites for hydroxylation is 1. The largest absolute Gasteiger partial charge is 0.535 e. The van der Waals surface area contributed by atoms with E-state index in [0.717, 1.165) is 5.56 Å². The van der Waals surface area contributed by atoms with E-state index in [1.165, 1.54) is 0 Å². The molecule has 6 N–H and O–H groups in total. The van der Waals surface area contributed by atoms with E-state index in [1.54, 1.807) is 12.1 Å². The van der Waals surface area contributed by atoms with Crippen LogP contribution in [0.1, 0.15) is 15.9 Å². The number of aliphatic hydroxyl groups is 1. The molecule has 1 saturated heterocycles. The van der Waals surface area contributed by atoms with Gasteiger partial charge in [-0.3, -0.25) is 9.69 Å². The van der Waals surface area contributed by atoms with Crippen molar-refractivity contribution in [3.05, 3.63) is 23.3 Å². The topological polar surface area (TPSA) is 155 Å². The van der Waals surface area contributed by atoms with Gasteiger partial charge in [-0.1, -0.05) is 6.07 Å². The van der Waals surface area contributed by atoms with Crippen LogP contribution in [0.2, 0.25) is 6.32 Å². The first kappa shape index (κ1) is 20.4. The Morgan fingerprint density at radius 2 is 2.18 bits per heavy atom. The van der Waals surface area contributed by atoms with Crippen LogP contribution in [0.3, 0.4) is 0 Å². The Hall–Kier alpha value is -2.34. The summed E-state index contributed by atoms with van der Waals surface area (Å²) in [6, 6.07) is 2.64. The second kappa shape index (κ2) is 8.78. The first-order chi connectivity index (χ1) is 13.4. The van der Waals surface area contributed by atoms with Gasteiger partial charge in [0, 0.05) is 26.2 Å². The minimum atomic E-state index is -1.18. The SMILES string of the molecule is NC(CN1CC(Oc2ccc3c(c2C(=O)O)OB(O)CC3)C1)C(=O)NCCO. The molecule has 1 aromatic carbocycles. The average Bonchev–Trinajstić information content (AvgIpc) is 2.63. The van der Waals surface area contributed by atoms with Crippen molar-refractivity contribution in [1.29, 1.82) is 0 Å². The van der Waals surface area contributed by atoms with Crippen molar-refractivity contribution in [2.24, 2.45) is 5.73 Å². The first-order valence-electron chi connectivity index (χ1n) is 9.16. The van der Waals surface area contributed by atoms with E-state index in [4.69, 9.17) is 20.2 Å². The highest BCUT2D eigenvalue weighted by Gasteiger charge is 2.34. The Bertz CT molecular complexity index is 742. The highest BCUT2D eigenvalue weighted by molar-refractivity contribution is 6.44. The molecule has 1 fully saturated rings. The summed E-state index contributed by atoms with van der Waals surface area (Å²) in [5, 5.41) is 30.5. The summed E-state index contributed by atoms with van der Waals surface area (Å²) in [6.45, 7) is 1.35. The summed E-state index contributed by atoms with van der Waals surface area (Å²) < 4.78 is 11.2. The smallest absolute Gasteiger partial charge is 0.522 e. The van der Waals surface area contributed by atoms with Crippen molar-refractivity contribution in [2.45, 2.75) is 24.9 Å². The molecule has 0 saturated carbocycles. The van der Waals surface area contributed by atoms with Crippen LogP contribution in [0.5, 0.6) is 11.5 Å². The molecule has 2 heterocycles. The predicted molar refractivity (Wildman–Crippen MR) is 99.4 cm³/mol. The Labute approximate surface area is 162 Å². The van der Waals surface area contributed by atoms with Gasteiger partial charge in [-0.15, -0.1) is 0 Å². The van der Waals surface area contributed by atoms with Crippen LogP contribution in [-0.4, -0.2) is 84.1 Å². The highest BCUT2D eigenvalue weighted by atomic mass is 16.5. The zero-order valence-electron chi connectivity index (χ0n) is 15.3. The minimum Gasteiger partial charge on any atom is -0.535 e. The summed E-state index contributed by atoms with van der Waals surface area (Å²) in [5.41, 5.74) is 6.46. The van der Waals surface area contributed by atoms with Gasteiger partial charge in [0.05, 0.1) is 12.6 Å². The van der Waals surface area contributed by atoms with Gasteiger partial charge >= 0.3 is 13.1 Å². The number of carbonyl (C=O) groups is 2. The molecule has 1 aromatic rings. The maximum atomic E-state index is 11.7. The maximum absolute atomic E-state index is 11.7. The summed E-state index contributed by atoms with van der Waals surface area (Å²) in [7, 11) is -1.03. The Kier molecular flexibility index (Phi) is 6.40. The number of likely N-dealkylation sites (tertiary alicyclic amines) is 1. The van der Waals surface area contributed by atoms with Crippen molar-refractivity contribution < 1.29 is 34.2 Å². The van der Waals surface area contributed by atoms with Crippen LogP contribution in [0.25, 0.3) is 0 Å². The lowest BCUT2D eigenvalue weighted by molar-refractivity contribution is -0.123. The van der Waals surface area contributed by atoms with Gasteiger partial charge in [-0.25, -0.2) is 4.79 Å². The van der Waals surface area contributed by atoms with Gasteiger partial charge < -0.3 is 35.7 Å². The molecule has 10 nitrogen and oxygen atoms in total.